The molecule has 0 bridgehead atoms. The average molecular weight is 385 g/mol. The third-order valence-electron chi connectivity index (χ3n) is 4.90. The molecule has 27 heavy (non-hydrogen) atoms. The first-order chi connectivity index (χ1) is 13.0. The number of piperazine rings is 1. The van der Waals surface area contributed by atoms with Crippen LogP contribution in [0.4, 0.5) is 5.69 Å². The molecule has 0 atom stereocenters. The fraction of sp³-hybridized carbons (Fsp3) is 0.300. The maximum atomic E-state index is 13.0. The highest BCUT2D eigenvalue weighted by Crippen LogP contribution is 2.28. The van der Waals surface area contributed by atoms with Gasteiger partial charge in [0.05, 0.1) is 16.8 Å². The van der Waals surface area contributed by atoms with Gasteiger partial charge in [-0.1, -0.05) is 18.2 Å². The van der Waals surface area contributed by atoms with Crippen molar-refractivity contribution in [1.82, 2.24) is 10.2 Å². The number of sulfonamides is 1. The SMILES string of the molecule is Cc1ccccc1NS(=O)(=O)c1cc(CN2CCNCC2)c2occc2c1. The van der Waals surface area contributed by atoms with Crippen LogP contribution in [0.1, 0.15) is 11.1 Å². The smallest absolute Gasteiger partial charge is 0.261 e. The molecule has 0 radical (unpaired) electrons. The molecule has 2 heterocycles. The van der Waals surface area contributed by atoms with Gasteiger partial charge in [0.2, 0.25) is 0 Å². The van der Waals surface area contributed by atoms with E-state index in [9.17, 15) is 8.42 Å². The number of nitrogens with zero attached hydrogens (tertiary/aromatic N) is 1. The quantitative estimate of drug-likeness (QED) is 0.706. The van der Waals surface area contributed by atoms with Gasteiger partial charge in [-0.3, -0.25) is 9.62 Å². The van der Waals surface area contributed by atoms with Gasteiger partial charge in [0.1, 0.15) is 5.58 Å². The average Bonchev–Trinajstić information content (AvgIpc) is 3.13. The minimum atomic E-state index is -3.69. The number of para-hydroxylation sites is 1. The monoisotopic (exact) mass is 385 g/mol. The number of nitrogens with one attached hydrogen (secondary N) is 2. The van der Waals surface area contributed by atoms with E-state index in [1.54, 1.807) is 24.5 Å². The van der Waals surface area contributed by atoms with Crippen LogP contribution in [0.3, 0.4) is 0 Å². The highest BCUT2D eigenvalue weighted by molar-refractivity contribution is 7.92. The molecule has 0 unspecified atom stereocenters. The second-order valence-corrected chi connectivity index (χ2v) is 8.55. The van der Waals surface area contributed by atoms with Gasteiger partial charge in [-0.25, -0.2) is 8.42 Å². The Balaban J connectivity index is 1.69. The Kier molecular flexibility index (Phi) is 4.90. The Morgan fingerprint density at radius 1 is 1.15 bits per heavy atom. The number of rotatable bonds is 5. The molecule has 3 aromatic rings. The highest BCUT2D eigenvalue weighted by atomic mass is 32.2. The molecule has 1 aromatic heterocycles. The maximum Gasteiger partial charge on any atom is 0.261 e. The molecule has 2 N–H and O–H groups in total. The van der Waals surface area contributed by atoms with Gasteiger partial charge in [-0.2, -0.15) is 0 Å². The molecule has 4 rings (SSSR count). The van der Waals surface area contributed by atoms with Crippen LogP contribution in [0, 0.1) is 6.92 Å². The summed E-state index contributed by atoms with van der Waals surface area (Å²) >= 11 is 0. The van der Waals surface area contributed by atoms with Crippen LogP contribution >= 0.6 is 0 Å². The van der Waals surface area contributed by atoms with E-state index < -0.39 is 10.0 Å². The molecule has 142 valence electrons. The normalized spacial score (nSPS) is 15.9. The third kappa shape index (κ3) is 3.85. The van der Waals surface area contributed by atoms with Crippen molar-refractivity contribution >= 4 is 26.7 Å². The van der Waals surface area contributed by atoms with Crippen molar-refractivity contribution in [2.24, 2.45) is 0 Å². The van der Waals surface area contributed by atoms with Crippen LogP contribution in [0.2, 0.25) is 0 Å². The van der Waals surface area contributed by atoms with Gasteiger partial charge < -0.3 is 9.73 Å². The summed E-state index contributed by atoms with van der Waals surface area (Å²) in [6, 6.07) is 12.6. The fourth-order valence-corrected chi connectivity index (χ4v) is 4.62. The largest absolute Gasteiger partial charge is 0.464 e. The van der Waals surface area contributed by atoms with Gasteiger partial charge in [-0.05, 0) is 36.8 Å². The van der Waals surface area contributed by atoms with Crippen LogP contribution in [-0.4, -0.2) is 39.5 Å². The van der Waals surface area contributed by atoms with Gasteiger partial charge >= 0.3 is 0 Å². The zero-order chi connectivity index (χ0) is 18.9. The fourth-order valence-electron chi connectivity index (χ4n) is 3.40. The molecule has 0 spiro atoms. The van der Waals surface area contributed by atoms with E-state index >= 15 is 0 Å². The summed E-state index contributed by atoms with van der Waals surface area (Å²) in [6.45, 7) is 6.29. The first-order valence-electron chi connectivity index (χ1n) is 9.04. The van der Waals surface area contributed by atoms with Crippen molar-refractivity contribution < 1.29 is 12.8 Å². The van der Waals surface area contributed by atoms with Crippen LogP contribution in [0.25, 0.3) is 11.0 Å². The molecule has 1 aliphatic rings. The minimum absolute atomic E-state index is 0.254. The molecular formula is C20H23N3O3S. The predicted octanol–water partition coefficient (Wildman–Crippen LogP) is 2.95. The lowest BCUT2D eigenvalue weighted by molar-refractivity contribution is 0.233. The molecule has 0 aliphatic carbocycles. The van der Waals surface area contributed by atoms with Gasteiger partial charge in [0, 0.05) is 43.7 Å². The predicted molar refractivity (Wildman–Crippen MR) is 106 cm³/mol. The van der Waals surface area contributed by atoms with Crippen LogP contribution in [0.5, 0.6) is 0 Å². The standard InChI is InChI=1S/C20H23N3O3S/c1-15-4-2-3-5-19(15)22-27(24,25)18-12-16-6-11-26-20(16)17(13-18)14-23-9-7-21-8-10-23/h2-6,11-13,21-22H,7-10,14H2,1H3. The first-order valence-corrected chi connectivity index (χ1v) is 10.5. The topological polar surface area (TPSA) is 74.6 Å². The Hall–Kier alpha value is -2.35. The molecule has 0 saturated carbocycles. The number of benzene rings is 2. The Bertz CT molecular complexity index is 1050. The molecule has 1 fully saturated rings. The summed E-state index contributed by atoms with van der Waals surface area (Å²) in [7, 11) is -3.69. The summed E-state index contributed by atoms with van der Waals surface area (Å²) in [4.78, 5) is 2.56. The molecule has 2 aromatic carbocycles. The molecule has 6 nitrogen and oxygen atoms in total. The highest BCUT2D eigenvalue weighted by Gasteiger charge is 2.20. The second kappa shape index (κ2) is 7.34. The van der Waals surface area contributed by atoms with E-state index in [2.05, 4.69) is 14.9 Å². The molecule has 1 aliphatic heterocycles. The van der Waals surface area contributed by atoms with Gasteiger partial charge in [0.25, 0.3) is 10.0 Å². The van der Waals surface area contributed by atoms with Crippen LogP contribution in [-0.2, 0) is 16.6 Å². The lowest BCUT2D eigenvalue weighted by Crippen LogP contribution is -2.42. The number of fused-ring (bicyclic) bond motifs is 1. The zero-order valence-corrected chi connectivity index (χ0v) is 16.1. The summed E-state index contributed by atoms with van der Waals surface area (Å²) < 4.78 is 34.3. The summed E-state index contributed by atoms with van der Waals surface area (Å²) in [5.74, 6) is 0. The van der Waals surface area contributed by atoms with Gasteiger partial charge in [0.15, 0.2) is 0 Å². The molecule has 0 amide bonds. The number of anilines is 1. The van der Waals surface area contributed by atoms with Gasteiger partial charge in [-0.15, -0.1) is 0 Å². The van der Waals surface area contributed by atoms with E-state index in [1.807, 2.05) is 31.2 Å². The van der Waals surface area contributed by atoms with E-state index in [0.717, 1.165) is 48.3 Å². The summed E-state index contributed by atoms with van der Waals surface area (Å²) in [6.07, 6.45) is 1.61. The van der Waals surface area contributed by atoms with E-state index in [-0.39, 0.29) is 4.90 Å². The minimum Gasteiger partial charge on any atom is -0.464 e. The molecule has 1 saturated heterocycles. The van der Waals surface area contributed by atoms with Crippen molar-refractivity contribution in [3.8, 4) is 0 Å². The van der Waals surface area contributed by atoms with Crippen molar-refractivity contribution in [2.45, 2.75) is 18.4 Å². The number of hydrogen-bond donors (Lipinski definition) is 2. The Morgan fingerprint density at radius 3 is 2.70 bits per heavy atom. The van der Waals surface area contributed by atoms with Crippen molar-refractivity contribution in [1.29, 1.82) is 0 Å². The van der Waals surface area contributed by atoms with E-state index in [0.29, 0.717) is 12.2 Å². The van der Waals surface area contributed by atoms with Crippen LogP contribution < -0.4 is 10.0 Å². The van der Waals surface area contributed by atoms with E-state index in [4.69, 9.17) is 4.42 Å². The maximum absolute atomic E-state index is 13.0. The van der Waals surface area contributed by atoms with Crippen LogP contribution in [0.15, 0.2) is 58.0 Å². The van der Waals surface area contributed by atoms with Crippen molar-refractivity contribution in [2.75, 3.05) is 30.9 Å². The lowest BCUT2D eigenvalue weighted by atomic mass is 10.1. The lowest BCUT2D eigenvalue weighted by Gasteiger charge is -2.27. The third-order valence-corrected chi connectivity index (χ3v) is 6.25. The van der Waals surface area contributed by atoms with Crippen molar-refractivity contribution in [3.63, 3.8) is 0 Å². The number of hydrogen-bond acceptors (Lipinski definition) is 5. The second-order valence-electron chi connectivity index (χ2n) is 6.87. The molecule has 7 heteroatoms. The first kappa shape index (κ1) is 18.0. The Labute approximate surface area is 159 Å². The Morgan fingerprint density at radius 2 is 1.93 bits per heavy atom. The summed E-state index contributed by atoms with van der Waals surface area (Å²) in [5.41, 5.74) is 3.12. The number of aryl methyl sites for hydroxylation is 1. The summed E-state index contributed by atoms with van der Waals surface area (Å²) in [5, 5.41) is 4.13. The van der Waals surface area contributed by atoms with E-state index in [1.165, 1.54) is 0 Å². The van der Waals surface area contributed by atoms with Crippen molar-refractivity contribution in [3.05, 3.63) is 59.9 Å². The number of furan rings is 1. The zero-order valence-electron chi connectivity index (χ0n) is 15.2. The molecular weight excluding hydrogens is 362 g/mol.